The number of allylic oxidation sites excluding steroid dienone is 10. The van der Waals surface area contributed by atoms with Gasteiger partial charge < -0.3 is 33.8 Å². The molecule has 0 rings (SSSR count). The molecule has 0 spiro atoms. The average Bonchev–Trinajstić information content (AvgIpc) is 2.45. The standard InChI is InChI=1S/C75H136O17P2/c1-5-9-13-17-21-25-29-33-34-38-40-44-48-52-56-60-73(78)86-66-71(92-75(80)62-58-54-50-46-42-37-32-28-24-20-16-12-8-4)68-90-94(83,84)88-64-69(76)63-87-93(81,82)89-67-70(91-74(79)61-57-53-49-45-41-36-31-27-23-19-15-11-7-3)65-85-72(77)59-55-51-47-43-39-35-30-26-22-18-14-10-6-2/h14,18,21,25-27,30-31,33-34,69-71,76H,5-13,15-17,19-20,22-24,28-29,32,35-68H2,1-4H3,(H,81,82)(H,83,84)/b18-14-,25-21-,30-26-,31-27-,34-33-. The molecule has 0 radical (unpaired) electrons. The first-order valence-electron chi connectivity index (χ1n) is 37.5. The fourth-order valence-electron chi connectivity index (χ4n) is 10.2. The Labute approximate surface area is 571 Å². The van der Waals surface area contributed by atoms with Gasteiger partial charge in [0.05, 0.1) is 26.4 Å². The van der Waals surface area contributed by atoms with Crippen LogP contribution in [0.5, 0.6) is 0 Å². The van der Waals surface area contributed by atoms with E-state index in [2.05, 4.69) is 88.5 Å². The van der Waals surface area contributed by atoms with E-state index in [4.69, 9.17) is 37.0 Å². The minimum atomic E-state index is -4.97. The Morgan fingerprint density at radius 3 is 0.872 bits per heavy atom. The number of phosphoric acid groups is 2. The van der Waals surface area contributed by atoms with Gasteiger partial charge in [-0.1, -0.05) is 262 Å². The molecule has 0 heterocycles. The summed E-state index contributed by atoms with van der Waals surface area (Å²) in [6.07, 6.45) is 65.0. The number of rotatable bonds is 71. The number of aliphatic hydroxyl groups is 1. The topological polar surface area (TPSA) is 237 Å². The maximum atomic E-state index is 13.1. The van der Waals surface area contributed by atoms with Crippen LogP contribution < -0.4 is 0 Å². The summed E-state index contributed by atoms with van der Waals surface area (Å²) in [7, 11) is -9.94. The maximum Gasteiger partial charge on any atom is 0.472 e. The van der Waals surface area contributed by atoms with Crippen molar-refractivity contribution in [2.45, 2.75) is 354 Å². The van der Waals surface area contributed by atoms with Crippen molar-refractivity contribution in [2.75, 3.05) is 39.6 Å². The van der Waals surface area contributed by atoms with Crippen molar-refractivity contribution in [3.05, 3.63) is 60.8 Å². The number of unbranched alkanes of at least 4 members (excludes halogenated alkanes) is 35. The van der Waals surface area contributed by atoms with E-state index in [1.54, 1.807) is 0 Å². The second-order valence-electron chi connectivity index (χ2n) is 25.2. The molecule has 0 aromatic carbocycles. The number of phosphoric ester groups is 2. The van der Waals surface area contributed by atoms with Gasteiger partial charge in [0.2, 0.25) is 0 Å². The minimum Gasteiger partial charge on any atom is -0.462 e. The lowest BCUT2D eigenvalue weighted by Crippen LogP contribution is -2.30. The number of aliphatic hydroxyl groups excluding tert-OH is 1. The average molecular weight is 1370 g/mol. The van der Waals surface area contributed by atoms with Crippen molar-refractivity contribution in [3.63, 3.8) is 0 Å². The van der Waals surface area contributed by atoms with Crippen LogP contribution in [0.4, 0.5) is 0 Å². The number of ether oxygens (including phenoxy) is 4. The van der Waals surface area contributed by atoms with Gasteiger partial charge in [-0.25, -0.2) is 9.13 Å². The molecule has 0 aliphatic rings. The molecule has 19 heteroatoms. The second-order valence-corrected chi connectivity index (χ2v) is 28.1. The van der Waals surface area contributed by atoms with Crippen LogP contribution in [0.1, 0.15) is 336 Å². The fraction of sp³-hybridized carbons (Fsp3) is 0.813. The summed E-state index contributed by atoms with van der Waals surface area (Å²) in [5, 5.41) is 10.6. The molecule has 0 bridgehead atoms. The van der Waals surface area contributed by atoms with E-state index < -0.39 is 97.5 Å². The van der Waals surface area contributed by atoms with Crippen molar-refractivity contribution in [1.82, 2.24) is 0 Å². The van der Waals surface area contributed by atoms with E-state index in [1.165, 1.54) is 96.3 Å². The first kappa shape index (κ1) is 90.8. The van der Waals surface area contributed by atoms with Crippen LogP contribution in [0.3, 0.4) is 0 Å². The fourth-order valence-corrected chi connectivity index (χ4v) is 11.7. The van der Waals surface area contributed by atoms with E-state index in [-0.39, 0.29) is 25.7 Å². The van der Waals surface area contributed by atoms with Gasteiger partial charge in [-0.2, -0.15) is 0 Å². The summed E-state index contributed by atoms with van der Waals surface area (Å²) >= 11 is 0. The predicted octanol–water partition coefficient (Wildman–Crippen LogP) is 21.1. The molecule has 5 atom stereocenters. The lowest BCUT2D eigenvalue weighted by molar-refractivity contribution is -0.161. The van der Waals surface area contributed by atoms with Crippen molar-refractivity contribution in [2.24, 2.45) is 0 Å². The van der Waals surface area contributed by atoms with Crippen LogP contribution in [0.15, 0.2) is 60.8 Å². The van der Waals surface area contributed by atoms with Crippen molar-refractivity contribution >= 4 is 39.5 Å². The maximum absolute atomic E-state index is 13.1. The third-order valence-electron chi connectivity index (χ3n) is 15.9. The van der Waals surface area contributed by atoms with Gasteiger partial charge in [0.1, 0.15) is 19.3 Å². The van der Waals surface area contributed by atoms with E-state index in [0.29, 0.717) is 25.7 Å². The first-order valence-corrected chi connectivity index (χ1v) is 40.5. The van der Waals surface area contributed by atoms with Crippen molar-refractivity contribution in [3.8, 4) is 0 Å². The zero-order chi connectivity index (χ0) is 69.0. The Hall–Kier alpha value is -3.24. The van der Waals surface area contributed by atoms with Gasteiger partial charge in [-0.15, -0.1) is 0 Å². The highest BCUT2D eigenvalue weighted by Crippen LogP contribution is 2.45. The quantitative estimate of drug-likeness (QED) is 0.0169. The molecular formula is C75H136O17P2. The normalized spacial score (nSPS) is 14.3. The summed E-state index contributed by atoms with van der Waals surface area (Å²) in [6, 6.07) is 0. The molecule has 0 fully saturated rings. The van der Waals surface area contributed by atoms with Crippen LogP contribution >= 0.6 is 15.6 Å². The lowest BCUT2D eigenvalue weighted by atomic mass is 10.0. The highest BCUT2D eigenvalue weighted by molar-refractivity contribution is 7.47. The molecular weight excluding hydrogens is 1230 g/mol. The van der Waals surface area contributed by atoms with Gasteiger partial charge >= 0.3 is 39.5 Å². The molecule has 0 amide bonds. The molecule has 548 valence electrons. The molecule has 0 saturated heterocycles. The summed E-state index contributed by atoms with van der Waals surface area (Å²) in [5.41, 5.74) is 0. The Morgan fingerprint density at radius 2 is 0.543 bits per heavy atom. The second kappa shape index (κ2) is 68.3. The monoisotopic (exact) mass is 1370 g/mol. The molecule has 0 aromatic heterocycles. The third-order valence-corrected chi connectivity index (χ3v) is 17.8. The van der Waals surface area contributed by atoms with E-state index in [9.17, 15) is 43.2 Å². The molecule has 0 aliphatic carbocycles. The van der Waals surface area contributed by atoms with Crippen molar-refractivity contribution < 1.29 is 80.2 Å². The Morgan fingerprint density at radius 1 is 0.298 bits per heavy atom. The summed E-state index contributed by atoms with van der Waals surface area (Å²) in [5.74, 6) is -2.19. The third kappa shape index (κ3) is 67.3. The molecule has 0 aromatic rings. The number of carbonyl (C=O) groups is 4. The van der Waals surface area contributed by atoms with Crippen LogP contribution in [-0.2, 0) is 65.4 Å². The van der Waals surface area contributed by atoms with Gasteiger partial charge in [0, 0.05) is 25.7 Å². The summed E-state index contributed by atoms with van der Waals surface area (Å²) in [6.45, 7) is 4.77. The van der Waals surface area contributed by atoms with Gasteiger partial charge in [-0.05, 0) is 109 Å². The Balaban J connectivity index is 5.33. The largest absolute Gasteiger partial charge is 0.472 e. The zero-order valence-electron chi connectivity index (χ0n) is 59.6. The molecule has 0 aliphatic heterocycles. The smallest absolute Gasteiger partial charge is 0.462 e. The molecule has 0 saturated carbocycles. The van der Waals surface area contributed by atoms with E-state index >= 15 is 0 Å². The van der Waals surface area contributed by atoms with E-state index in [0.717, 1.165) is 161 Å². The first-order chi connectivity index (χ1) is 45.7. The number of carbonyl (C=O) groups excluding carboxylic acids is 4. The highest BCUT2D eigenvalue weighted by Gasteiger charge is 2.30. The summed E-state index contributed by atoms with van der Waals surface area (Å²) in [4.78, 5) is 72.7. The number of hydrogen-bond acceptors (Lipinski definition) is 15. The Kier molecular flexibility index (Phi) is 65.9. The van der Waals surface area contributed by atoms with Crippen LogP contribution in [0, 0.1) is 0 Å². The van der Waals surface area contributed by atoms with Gasteiger partial charge in [0.15, 0.2) is 12.2 Å². The van der Waals surface area contributed by atoms with Crippen LogP contribution in [-0.4, -0.2) is 96.7 Å². The number of hydrogen-bond donors (Lipinski definition) is 3. The molecule has 3 N–H and O–H groups in total. The van der Waals surface area contributed by atoms with Crippen LogP contribution in [0.2, 0.25) is 0 Å². The van der Waals surface area contributed by atoms with Gasteiger partial charge in [0.25, 0.3) is 0 Å². The SMILES string of the molecule is CCC/C=C\C/C=C\CCCCCCCC(=O)OCC(COP(=O)(O)OCC(O)COP(=O)(O)OCC(COC(=O)CCCCCCC/C=C\C/C=C\CCCCC)OC(=O)CCCCCCCCCCCCCCC)OC(=O)CCCCCCC/C=C\CCCCCC. The molecule has 94 heavy (non-hydrogen) atoms. The highest BCUT2D eigenvalue weighted by atomic mass is 31.2. The summed E-state index contributed by atoms with van der Waals surface area (Å²) < 4.78 is 68.4. The van der Waals surface area contributed by atoms with Crippen molar-refractivity contribution in [1.29, 1.82) is 0 Å². The number of esters is 4. The van der Waals surface area contributed by atoms with Gasteiger partial charge in [-0.3, -0.25) is 37.3 Å². The predicted molar refractivity (Wildman–Crippen MR) is 381 cm³/mol. The minimum absolute atomic E-state index is 0.0851. The molecule has 5 unspecified atom stereocenters. The lowest BCUT2D eigenvalue weighted by Gasteiger charge is -2.21. The van der Waals surface area contributed by atoms with E-state index in [1.807, 2.05) is 0 Å². The van der Waals surface area contributed by atoms with Crippen LogP contribution in [0.25, 0.3) is 0 Å². The molecule has 17 nitrogen and oxygen atoms in total. The zero-order valence-corrected chi connectivity index (χ0v) is 61.4. The Bertz CT molecular complexity index is 2030.